The second-order valence-corrected chi connectivity index (χ2v) is 4.08. The number of carbonyl (C=O) groups is 1. The third-order valence-corrected chi connectivity index (χ3v) is 2.73. The first kappa shape index (κ1) is 13.7. The van der Waals surface area contributed by atoms with Crippen LogP contribution in [0.15, 0.2) is 18.2 Å². The Morgan fingerprint density at radius 1 is 1.40 bits per heavy atom. The van der Waals surface area contributed by atoms with Crippen LogP contribution in [0.2, 0.25) is 0 Å². The number of nitrogens with zero attached hydrogens (tertiary/aromatic N) is 2. The van der Waals surface area contributed by atoms with Crippen molar-refractivity contribution in [3.8, 4) is 17.1 Å². The second kappa shape index (κ2) is 5.12. The van der Waals surface area contributed by atoms with Crippen LogP contribution < -0.4 is 10.5 Å². The number of aromatic nitrogens is 2. The number of carboxylic acid groups (broad SMARTS) is 1. The molecule has 0 aliphatic carbocycles. The topological polar surface area (TPSA) is 98.3 Å². The number of hydrogen-bond acceptors (Lipinski definition) is 5. The van der Waals surface area contributed by atoms with Gasteiger partial charge in [0.1, 0.15) is 5.82 Å². The van der Waals surface area contributed by atoms with Crippen LogP contribution in [0.25, 0.3) is 11.4 Å². The first-order chi connectivity index (χ1) is 9.43. The zero-order chi connectivity index (χ0) is 14.9. The highest BCUT2D eigenvalue weighted by molar-refractivity contribution is 5.91. The molecule has 0 bridgehead atoms. The number of anilines is 1. The Morgan fingerprint density at radius 2 is 2.10 bits per heavy atom. The van der Waals surface area contributed by atoms with E-state index in [1.54, 1.807) is 19.1 Å². The van der Waals surface area contributed by atoms with E-state index in [4.69, 9.17) is 15.6 Å². The van der Waals surface area contributed by atoms with Gasteiger partial charge in [-0.05, 0) is 18.6 Å². The van der Waals surface area contributed by atoms with Gasteiger partial charge < -0.3 is 15.6 Å². The molecule has 1 aromatic carbocycles. The number of methoxy groups -OCH3 is 1. The standard InChI is InChI=1S/C13H12FN3O3/c1-6-3-4-7(5-8(6)14)12-16-9(13(18)19)10(20-2)11(15)17-12/h3-5H,1-2H3,(H,18,19)(H2,15,16,17). The van der Waals surface area contributed by atoms with Gasteiger partial charge >= 0.3 is 5.97 Å². The Morgan fingerprint density at radius 3 is 2.65 bits per heavy atom. The van der Waals surface area contributed by atoms with Gasteiger partial charge in [0.15, 0.2) is 23.1 Å². The monoisotopic (exact) mass is 277 g/mol. The lowest BCUT2D eigenvalue weighted by Gasteiger charge is -2.09. The van der Waals surface area contributed by atoms with Gasteiger partial charge in [-0.25, -0.2) is 19.2 Å². The normalized spacial score (nSPS) is 10.3. The van der Waals surface area contributed by atoms with Gasteiger partial charge in [0, 0.05) is 5.56 Å². The minimum Gasteiger partial charge on any atom is -0.491 e. The third-order valence-electron chi connectivity index (χ3n) is 2.73. The van der Waals surface area contributed by atoms with Gasteiger partial charge in [-0.2, -0.15) is 0 Å². The van der Waals surface area contributed by atoms with Crippen LogP contribution in [0, 0.1) is 12.7 Å². The highest BCUT2D eigenvalue weighted by Gasteiger charge is 2.19. The molecule has 20 heavy (non-hydrogen) atoms. The summed E-state index contributed by atoms with van der Waals surface area (Å²) in [5.74, 6) is -1.94. The number of benzene rings is 1. The number of aryl methyl sites for hydroxylation is 1. The van der Waals surface area contributed by atoms with E-state index in [2.05, 4.69) is 9.97 Å². The molecule has 0 radical (unpaired) electrons. The van der Waals surface area contributed by atoms with Crippen molar-refractivity contribution in [1.29, 1.82) is 0 Å². The molecule has 2 rings (SSSR count). The Balaban J connectivity index is 2.63. The molecular weight excluding hydrogens is 265 g/mol. The minimum atomic E-state index is -1.30. The molecule has 0 aliphatic rings. The summed E-state index contributed by atoms with van der Waals surface area (Å²) in [4.78, 5) is 18.9. The average Bonchev–Trinajstić information content (AvgIpc) is 2.40. The lowest BCUT2D eigenvalue weighted by atomic mass is 10.1. The molecule has 1 aromatic heterocycles. The van der Waals surface area contributed by atoms with Crippen LogP contribution in [0.1, 0.15) is 16.1 Å². The summed E-state index contributed by atoms with van der Waals surface area (Å²) in [5.41, 5.74) is 6.08. The SMILES string of the molecule is COc1c(N)nc(-c2ccc(C)c(F)c2)nc1C(=O)O. The highest BCUT2D eigenvalue weighted by Crippen LogP contribution is 2.27. The van der Waals surface area contributed by atoms with Crippen molar-refractivity contribution < 1.29 is 19.0 Å². The van der Waals surface area contributed by atoms with E-state index in [0.717, 1.165) is 0 Å². The molecule has 1 heterocycles. The van der Waals surface area contributed by atoms with Crippen LogP contribution in [-0.4, -0.2) is 28.2 Å². The Kier molecular flexibility index (Phi) is 3.51. The molecule has 6 nitrogen and oxygen atoms in total. The van der Waals surface area contributed by atoms with Crippen molar-refractivity contribution in [3.05, 3.63) is 35.3 Å². The maximum atomic E-state index is 13.5. The number of nitrogens with two attached hydrogens (primary N) is 1. The van der Waals surface area contributed by atoms with Crippen molar-refractivity contribution in [1.82, 2.24) is 9.97 Å². The van der Waals surface area contributed by atoms with Crippen LogP contribution in [0.3, 0.4) is 0 Å². The number of ether oxygens (including phenoxy) is 1. The largest absolute Gasteiger partial charge is 0.491 e. The van der Waals surface area contributed by atoms with Gasteiger partial charge in [-0.1, -0.05) is 12.1 Å². The molecule has 0 amide bonds. The predicted molar refractivity (Wildman–Crippen MR) is 70.1 cm³/mol. The Bertz CT molecular complexity index is 689. The summed E-state index contributed by atoms with van der Waals surface area (Å²) < 4.78 is 18.4. The number of rotatable bonds is 3. The summed E-state index contributed by atoms with van der Waals surface area (Å²) >= 11 is 0. The lowest BCUT2D eigenvalue weighted by Crippen LogP contribution is -2.10. The second-order valence-electron chi connectivity index (χ2n) is 4.08. The van der Waals surface area contributed by atoms with Crippen molar-refractivity contribution >= 4 is 11.8 Å². The average molecular weight is 277 g/mol. The molecule has 7 heteroatoms. The van der Waals surface area contributed by atoms with Gasteiger partial charge in [-0.15, -0.1) is 0 Å². The fourth-order valence-electron chi connectivity index (χ4n) is 1.68. The summed E-state index contributed by atoms with van der Waals surface area (Å²) in [6, 6.07) is 4.36. The highest BCUT2D eigenvalue weighted by atomic mass is 19.1. The maximum absolute atomic E-state index is 13.5. The molecule has 0 saturated carbocycles. The summed E-state index contributed by atoms with van der Waals surface area (Å²) in [6.45, 7) is 1.62. The van der Waals surface area contributed by atoms with Crippen molar-refractivity contribution in [3.63, 3.8) is 0 Å². The molecule has 2 aromatic rings. The summed E-state index contributed by atoms with van der Waals surface area (Å²) in [5, 5.41) is 9.09. The molecule has 0 aliphatic heterocycles. The summed E-state index contributed by atoms with van der Waals surface area (Å²) in [6.07, 6.45) is 0. The van der Waals surface area contributed by atoms with Crippen molar-refractivity contribution in [2.45, 2.75) is 6.92 Å². The number of aromatic carboxylic acids is 1. The number of hydrogen-bond donors (Lipinski definition) is 2. The maximum Gasteiger partial charge on any atom is 0.358 e. The van der Waals surface area contributed by atoms with E-state index in [1.165, 1.54) is 13.2 Å². The van der Waals surface area contributed by atoms with Crippen molar-refractivity contribution in [2.24, 2.45) is 0 Å². The number of carboxylic acids is 1. The van der Waals surface area contributed by atoms with E-state index in [0.29, 0.717) is 11.1 Å². The molecule has 0 fully saturated rings. The molecule has 0 atom stereocenters. The van der Waals surface area contributed by atoms with Crippen LogP contribution in [-0.2, 0) is 0 Å². The predicted octanol–water partition coefficient (Wildman–Crippen LogP) is 1.88. The Hall–Kier alpha value is -2.70. The quantitative estimate of drug-likeness (QED) is 0.888. The zero-order valence-electron chi connectivity index (χ0n) is 10.8. The summed E-state index contributed by atoms with van der Waals surface area (Å²) in [7, 11) is 1.27. The molecule has 3 N–H and O–H groups in total. The Labute approximate surface area is 114 Å². The number of nitrogen functional groups attached to an aromatic ring is 1. The minimum absolute atomic E-state index is 0.0274. The molecular formula is C13H12FN3O3. The first-order valence-corrected chi connectivity index (χ1v) is 5.65. The molecule has 0 unspecified atom stereocenters. The van der Waals surface area contributed by atoms with Crippen molar-refractivity contribution in [2.75, 3.05) is 12.8 Å². The van der Waals surface area contributed by atoms with Crippen LogP contribution in [0.4, 0.5) is 10.2 Å². The van der Waals surface area contributed by atoms with Gasteiger partial charge in [0.2, 0.25) is 0 Å². The first-order valence-electron chi connectivity index (χ1n) is 5.65. The third kappa shape index (κ3) is 2.37. The zero-order valence-corrected chi connectivity index (χ0v) is 10.8. The van der Waals surface area contributed by atoms with Gasteiger partial charge in [-0.3, -0.25) is 0 Å². The smallest absolute Gasteiger partial charge is 0.358 e. The molecule has 104 valence electrons. The van der Waals surface area contributed by atoms with E-state index < -0.39 is 11.8 Å². The lowest BCUT2D eigenvalue weighted by molar-refractivity contribution is 0.0686. The fourth-order valence-corrected chi connectivity index (χ4v) is 1.68. The van der Waals surface area contributed by atoms with E-state index in [-0.39, 0.29) is 23.1 Å². The molecule has 0 spiro atoms. The number of halogens is 1. The van der Waals surface area contributed by atoms with E-state index in [9.17, 15) is 9.18 Å². The van der Waals surface area contributed by atoms with Crippen LogP contribution in [0.5, 0.6) is 5.75 Å². The molecule has 0 saturated heterocycles. The van der Waals surface area contributed by atoms with Crippen LogP contribution >= 0.6 is 0 Å². The van der Waals surface area contributed by atoms with E-state index in [1.807, 2.05) is 0 Å². The van der Waals surface area contributed by atoms with Gasteiger partial charge in [0.05, 0.1) is 7.11 Å². The van der Waals surface area contributed by atoms with Gasteiger partial charge in [0.25, 0.3) is 0 Å². The van der Waals surface area contributed by atoms with E-state index >= 15 is 0 Å². The fraction of sp³-hybridized carbons (Fsp3) is 0.154.